The van der Waals surface area contributed by atoms with E-state index >= 15 is 0 Å². The van der Waals surface area contributed by atoms with E-state index < -0.39 is 0 Å². The molecule has 0 spiro atoms. The molecule has 1 aliphatic heterocycles. The first-order valence-electron chi connectivity index (χ1n) is 10.7. The molecule has 7 heteroatoms. The van der Waals surface area contributed by atoms with Crippen molar-refractivity contribution in [3.8, 4) is 11.4 Å². The Labute approximate surface area is 181 Å². The molecule has 3 aromatic rings. The van der Waals surface area contributed by atoms with Crippen LogP contribution in [0, 0.1) is 5.82 Å². The van der Waals surface area contributed by atoms with Crippen LogP contribution >= 0.6 is 0 Å². The number of carbonyl (C=O) groups excluding carboxylic acids is 1. The number of hydrogen-bond donors (Lipinski definition) is 0. The van der Waals surface area contributed by atoms with Crippen LogP contribution in [0.5, 0.6) is 0 Å². The average molecular weight is 423 g/mol. The highest BCUT2D eigenvalue weighted by Gasteiger charge is 2.28. The molecule has 0 radical (unpaired) electrons. The molecular formula is C24H27FN4O2. The van der Waals surface area contributed by atoms with Crippen LogP contribution in [0.1, 0.15) is 43.7 Å². The monoisotopic (exact) mass is 422 g/mol. The second-order valence-electron chi connectivity index (χ2n) is 8.07. The van der Waals surface area contributed by atoms with Crippen LogP contribution in [-0.2, 0) is 4.79 Å². The maximum Gasteiger partial charge on any atom is 0.244 e. The summed E-state index contributed by atoms with van der Waals surface area (Å²) in [6.45, 7) is 6.89. The normalized spacial score (nSPS) is 16.8. The number of aromatic nitrogens is 2. The topological polar surface area (TPSA) is 62.5 Å². The van der Waals surface area contributed by atoms with Crippen LogP contribution in [0.4, 0.5) is 4.39 Å². The van der Waals surface area contributed by atoms with Crippen molar-refractivity contribution in [1.29, 1.82) is 0 Å². The van der Waals surface area contributed by atoms with Crippen molar-refractivity contribution in [3.05, 3.63) is 71.9 Å². The molecule has 0 N–H and O–H groups in total. The van der Waals surface area contributed by atoms with Gasteiger partial charge in [0.25, 0.3) is 0 Å². The first kappa shape index (κ1) is 21.2. The molecule has 0 bridgehead atoms. The van der Waals surface area contributed by atoms with Gasteiger partial charge in [0.05, 0.1) is 6.04 Å². The summed E-state index contributed by atoms with van der Waals surface area (Å²) in [5, 5.41) is 4.11. The van der Waals surface area contributed by atoms with Crippen LogP contribution in [0.25, 0.3) is 11.4 Å². The Morgan fingerprint density at radius 2 is 1.71 bits per heavy atom. The molecule has 2 aromatic carbocycles. The molecule has 1 aromatic heterocycles. The SMILES string of the molecule is CC(CC(=O)N1CCN(C(C)c2nc(-c3ccccc3)no2)CC1)c1ccc(F)cc1. The van der Waals surface area contributed by atoms with Crippen molar-refractivity contribution < 1.29 is 13.7 Å². The van der Waals surface area contributed by atoms with Gasteiger partial charge in [-0.15, -0.1) is 0 Å². The third-order valence-corrected chi connectivity index (χ3v) is 5.97. The molecule has 2 atom stereocenters. The van der Waals surface area contributed by atoms with Crippen LogP contribution < -0.4 is 0 Å². The lowest BCUT2D eigenvalue weighted by atomic mass is 9.97. The predicted octanol–water partition coefficient (Wildman–Crippen LogP) is 4.27. The van der Waals surface area contributed by atoms with Crippen molar-refractivity contribution in [3.63, 3.8) is 0 Å². The van der Waals surface area contributed by atoms with Crippen molar-refractivity contribution in [2.75, 3.05) is 26.2 Å². The molecule has 2 unspecified atom stereocenters. The Bertz CT molecular complexity index is 998. The molecule has 162 valence electrons. The maximum absolute atomic E-state index is 13.1. The first-order chi connectivity index (χ1) is 15.0. The fraction of sp³-hybridized carbons (Fsp3) is 0.375. The van der Waals surface area contributed by atoms with Crippen molar-refractivity contribution in [1.82, 2.24) is 19.9 Å². The summed E-state index contributed by atoms with van der Waals surface area (Å²) in [5.41, 5.74) is 1.91. The van der Waals surface area contributed by atoms with E-state index in [1.54, 1.807) is 12.1 Å². The number of rotatable bonds is 6. The van der Waals surface area contributed by atoms with Gasteiger partial charge in [0.15, 0.2) is 0 Å². The second kappa shape index (κ2) is 9.39. The Morgan fingerprint density at radius 1 is 1.03 bits per heavy atom. The quantitative estimate of drug-likeness (QED) is 0.594. The van der Waals surface area contributed by atoms with E-state index in [9.17, 15) is 9.18 Å². The van der Waals surface area contributed by atoms with Gasteiger partial charge in [-0.1, -0.05) is 54.5 Å². The van der Waals surface area contributed by atoms with Crippen LogP contribution in [0.15, 0.2) is 59.1 Å². The Morgan fingerprint density at radius 3 is 2.39 bits per heavy atom. The molecule has 1 aliphatic rings. The van der Waals surface area contributed by atoms with Gasteiger partial charge in [-0.25, -0.2) is 4.39 Å². The van der Waals surface area contributed by atoms with Gasteiger partial charge in [-0.05, 0) is 30.5 Å². The number of piperazine rings is 1. The lowest BCUT2D eigenvalue weighted by molar-refractivity contribution is -0.133. The highest BCUT2D eigenvalue weighted by molar-refractivity contribution is 5.77. The van der Waals surface area contributed by atoms with Gasteiger partial charge in [0.2, 0.25) is 17.6 Å². The predicted molar refractivity (Wildman–Crippen MR) is 116 cm³/mol. The molecule has 0 saturated carbocycles. The number of nitrogens with zero attached hydrogens (tertiary/aromatic N) is 4. The Hall–Kier alpha value is -3.06. The van der Waals surface area contributed by atoms with E-state index in [1.807, 2.05) is 42.2 Å². The van der Waals surface area contributed by atoms with Gasteiger partial charge in [-0.3, -0.25) is 9.69 Å². The molecule has 1 fully saturated rings. The van der Waals surface area contributed by atoms with Crippen molar-refractivity contribution >= 4 is 5.91 Å². The number of hydrogen-bond acceptors (Lipinski definition) is 5. The molecular weight excluding hydrogens is 395 g/mol. The average Bonchev–Trinajstić information content (AvgIpc) is 3.30. The zero-order valence-electron chi connectivity index (χ0n) is 17.9. The molecule has 2 heterocycles. The van der Waals surface area contributed by atoms with E-state index in [0.29, 0.717) is 31.2 Å². The van der Waals surface area contributed by atoms with Crippen molar-refractivity contribution in [2.24, 2.45) is 0 Å². The maximum atomic E-state index is 13.1. The van der Waals surface area contributed by atoms with Crippen LogP contribution in [-0.4, -0.2) is 52.0 Å². The molecule has 0 aliphatic carbocycles. The minimum absolute atomic E-state index is 0.0136. The Balaban J connectivity index is 1.30. The number of amides is 1. The van der Waals surface area contributed by atoms with E-state index in [-0.39, 0.29) is 23.7 Å². The zero-order chi connectivity index (χ0) is 21.8. The lowest BCUT2D eigenvalue weighted by Crippen LogP contribution is -2.49. The highest BCUT2D eigenvalue weighted by atomic mass is 19.1. The van der Waals surface area contributed by atoms with E-state index in [0.717, 1.165) is 24.2 Å². The smallest absolute Gasteiger partial charge is 0.244 e. The molecule has 1 amide bonds. The van der Waals surface area contributed by atoms with Crippen LogP contribution in [0.2, 0.25) is 0 Å². The lowest BCUT2D eigenvalue weighted by Gasteiger charge is -2.37. The fourth-order valence-corrected chi connectivity index (χ4v) is 3.92. The standard InChI is InChI=1S/C24H27FN4O2/c1-17(19-8-10-21(25)11-9-19)16-22(30)29-14-12-28(13-15-29)18(2)24-26-23(27-31-24)20-6-4-3-5-7-20/h3-11,17-18H,12-16H2,1-2H3. The summed E-state index contributed by atoms with van der Waals surface area (Å²) in [4.78, 5) is 21.5. The molecule has 1 saturated heterocycles. The minimum atomic E-state index is -0.260. The molecule has 4 rings (SSSR count). The van der Waals surface area contributed by atoms with Crippen LogP contribution in [0.3, 0.4) is 0 Å². The summed E-state index contributed by atoms with van der Waals surface area (Å²) in [6, 6.07) is 16.1. The Kier molecular flexibility index (Phi) is 6.42. The van der Waals surface area contributed by atoms with Crippen molar-refractivity contribution in [2.45, 2.75) is 32.2 Å². The largest absolute Gasteiger partial charge is 0.340 e. The van der Waals surface area contributed by atoms with Gasteiger partial charge < -0.3 is 9.42 Å². The summed E-state index contributed by atoms with van der Waals surface area (Å²) in [6.07, 6.45) is 0.422. The summed E-state index contributed by atoms with van der Waals surface area (Å²) in [7, 11) is 0. The first-order valence-corrected chi connectivity index (χ1v) is 10.7. The van der Waals surface area contributed by atoms with Gasteiger partial charge in [0, 0.05) is 38.2 Å². The summed E-state index contributed by atoms with van der Waals surface area (Å²) >= 11 is 0. The fourth-order valence-electron chi connectivity index (χ4n) is 3.92. The van der Waals surface area contributed by atoms with Gasteiger partial charge in [-0.2, -0.15) is 4.98 Å². The summed E-state index contributed by atoms with van der Waals surface area (Å²) in [5.74, 6) is 1.10. The molecule has 31 heavy (non-hydrogen) atoms. The second-order valence-corrected chi connectivity index (χ2v) is 8.07. The third-order valence-electron chi connectivity index (χ3n) is 5.97. The minimum Gasteiger partial charge on any atom is -0.340 e. The number of carbonyl (C=O) groups is 1. The van der Waals surface area contributed by atoms with E-state index in [2.05, 4.69) is 22.0 Å². The third kappa shape index (κ3) is 4.99. The highest BCUT2D eigenvalue weighted by Crippen LogP contribution is 2.25. The number of benzene rings is 2. The van der Waals surface area contributed by atoms with Gasteiger partial charge in [0.1, 0.15) is 5.82 Å². The van der Waals surface area contributed by atoms with E-state index in [4.69, 9.17) is 4.52 Å². The van der Waals surface area contributed by atoms with E-state index in [1.165, 1.54) is 12.1 Å². The van der Waals surface area contributed by atoms with Gasteiger partial charge >= 0.3 is 0 Å². The number of halogens is 1. The molecule has 6 nitrogen and oxygen atoms in total. The zero-order valence-corrected chi connectivity index (χ0v) is 17.9. The summed E-state index contributed by atoms with van der Waals surface area (Å²) < 4.78 is 18.6.